The highest BCUT2D eigenvalue weighted by atomic mass is 32.2. The Morgan fingerprint density at radius 3 is 2.78 bits per heavy atom. The topological polar surface area (TPSA) is 112 Å². The fraction of sp³-hybridized carbons (Fsp3) is 0.389. The van der Waals surface area contributed by atoms with E-state index in [1.807, 2.05) is 18.2 Å². The van der Waals surface area contributed by atoms with Crippen LogP contribution in [0.15, 0.2) is 29.1 Å². The zero-order chi connectivity index (χ0) is 19.6. The summed E-state index contributed by atoms with van der Waals surface area (Å²) in [5, 5.41) is 2.58. The van der Waals surface area contributed by atoms with Gasteiger partial charge >= 0.3 is 0 Å². The fourth-order valence-corrected chi connectivity index (χ4v) is 4.64. The number of aromatic nitrogens is 2. The number of aromatic amines is 1. The quantitative estimate of drug-likeness (QED) is 0.743. The molecule has 144 valence electrons. The molecule has 0 spiro atoms. The van der Waals surface area contributed by atoms with Gasteiger partial charge in [-0.2, -0.15) is 0 Å². The Balaban J connectivity index is 1.58. The van der Waals surface area contributed by atoms with Crippen LogP contribution in [0.5, 0.6) is 0 Å². The molecule has 2 heterocycles. The fourth-order valence-electron chi connectivity index (χ4n) is 3.21. The van der Waals surface area contributed by atoms with Crippen LogP contribution in [0.4, 0.5) is 5.69 Å². The van der Waals surface area contributed by atoms with Gasteiger partial charge in [0.05, 0.1) is 17.9 Å². The van der Waals surface area contributed by atoms with E-state index in [4.69, 9.17) is 0 Å². The minimum Gasteiger partial charge on any atom is -0.355 e. The number of carbonyl (C=O) groups excluding carboxylic acids is 1. The van der Waals surface area contributed by atoms with Gasteiger partial charge < -0.3 is 10.3 Å². The Kier molecular flexibility index (Phi) is 5.31. The molecule has 0 saturated heterocycles. The maximum atomic E-state index is 12.6. The molecule has 0 bridgehead atoms. The van der Waals surface area contributed by atoms with Crippen molar-refractivity contribution in [1.82, 2.24) is 15.3 Å². The highest BCUT2D eigenvalue weighted by molar-refractivity contribution is 7.92. The van der Waals surface area contributed by atoms with Gasteiger partial charge in [-0.25, -0.2) is 13.4 Å². The number of aryl methyl sites for hydroxylation is 2. The number of hydrogen-bond acceptors (Lipinski definition) is 5. The second-order valence-corrected chi connectivity index (χ2v) is 8.52. The number of nitrogens with one attached hydrogen (secondary N) is 2. The predicted octanol–water partition coefficient (Wildman–Crippen LogP) is 0.438. The van der Waals surface area contributed by atoms with Crippen LogP contribution < -0.4 is 15.2 Å². The molecule has 3 rings (SSSR count). The second-order valence-electron chi connectivity index (χ2n) is 6.51. The molecular weight excluding hydrogens is 368 g/mol. The monoisotopic (exact) mass is 390 g/mol. The summed E-state index contributed by atoms with van der Waals surface area (Å²) in [7, 11) is -3.53. The summed E-state index contributed by atoms with van der Waals surface area (Å²) < 4.78 is 26.6. The zero-order valence-electron chi connectivity index (χ0n) is 15.3. The van der Waals surface area contributed by atoms with E-state index in [1.54, 1.807) is 19.9 Å². The van der Waals surface area contributed by atoms with Crippen LogP contribution in [0, 0.1) is 13.8 Å². The smallest absolute Gasteiger partial charge is 0.254 e. The van der Waals surface area contributed by atoms with Crippen LogP contribution in [0.25, 0.3) is 0 Å². The third-order valence-electron chi connectivity index (χ3n) is 4.54. The summed E-state index contributed by atoms with van der Waals surface area (Å²) in [6, 6.07) is 7.41. The molecule has 0 unspecified atom stereocenters. The van der Waals surface area contributed by atoms with Gasteiger partial charge in [0.2, 0.25) is 15.9 Å². The standard InChI is InChI=1S/C18H22N4O4S/c1-12-15(18(24)21-13(2)20-12)11-17(23)19-8-10-27(25,26)22-9-7-14-5-3-4-6-16(14)22/h3-6H,7-11H2,1-2H3,(H,19,23)(H,20,21,24). The Morgan fingerprint density at radius 2 is 2.04 bits per heavy atom. The van der Waals surface area contributed by atoms with Crippen molar-refractivity contribution in [2.75, 3.05) is 23.1 Å². The Labute approximate surface area is 157 Å². The number of carbonyl (C=O) groups is 1. The number of sulfonamides is 1. The van der Waals surface area contributed by atoms with E-state index in [9.17, 15) is 18.0 Å². The molecule has 27 heavy (non-hydrogen) atoms. The van der Waals surface area contributed by atoms with E-state index in [-0.39, 0.29) is 29.8 Å². The minimum atomic E-state index is -3.53. The lowest BCUT2D eigenvalue weighted by Gasteiger charge is -2.19. The first-order valence-corrected chi connectivity index (χ1v) is 10.3. The first-order chi connectivity index (χ1) is 12.8. The molecular formula is C18H22N4O4S. The Morgan fingerprint density at radius 1 is 1.30 bits per heavy atom. The first-order valence-electron chi connectivity index (χ1n) is 8.69. The van der Waals surface area contributed by atoms with E-state index in [2.05, 4.69) is 15.3 Å². The molecule has 1 aliphatic heterocycles. The predicted molar refractivity (Wildman–Crippen MR) is 102 cm³/mol. The lowest BCUT2D eigenvalue weighted by atomic mass is 10.1. The number of amides is 1. The lowest BCUT2D eigenvalue weighted by molar-refractivity contribution is -0.120. The molecule has 8 nitrogen and oxygen atoms in total. The summed E-state index contributed by atoms with van der Waals surface area (Å²) in [6.45, 7) is 3.73. The number of hydrogen-bond donors (Lipinski definition) is 2. The molecule has 0 fully saturated rings. The van der Waals surface area contributed by atoms with Crippen LogP contribution in [0.3, 0.4) is 0 Å². The van der Waals surface area contributed by atoms with Crippen molar-refractivity contribution in [3.8, 4) is 0 Å². The molecule has 0 saturated carbocycles. The maximum Gasteiger partial charge on any atom is 0.254 e. The van der Waals surface area contributed by atoms with Gasteiger partial charge in [-0.1, -0.05) is 18.2 Å². The maximum absolute atomic E-state index is 12.6. The molecule has 0 atom stereocenters. The van der Waals surface area contributed by atoms with Crippen LogP contribution in [-0.2, 0) is 27.7 Å². The normalized spacial score (nSPS) is 13.5. The molecule has 1 aliphatic rings. The van der Waals surface area contributed by atoms with Crippen LogP contribution >= 0.6 is 0 Å². The molecule has 0 aliphatic carbocycles. The van der Waals surface area contributed by atoms with Crippen molar-refractivity contribution < 1.29 is 13.2 Å². The summed E-state index contributed by atoms with van der Waals surface area (Å²) >= 11 is 0. The minimum absolute atomic E-state index is 0.0178. The number of fused-ring (bicyclic) bond motifs is 1. The van der Waals surface area contributed by atoms with Crippen molar-refractivity contribution in [2.24, 2.45) is 0 Å². The number of benzene rings is 1. The molecule has 1 aromatic heterocycles. The van der Waals surface area contributed by atoms with Crippen molar-refractivity contribution in [1.29, 1.82) is 0 Å². The number of anilines is 1. The van der Waals surface area contributed by atoms with Gasteiger partial charge in [-0.15, -0.1) is 0 Å². The Hall–Kier alpha value is -2.68. The van der Waals surface area contributed by atoms with E-state index >= 15 is 0 Å². The van der Waals surface area contributed by atoms with Crippen molar-refractivity contribution in [3.63, 3.8) is 0 Å². The van der Waals surface area contributed by atoms with Gasteiger partial charge in [0.1, 0.15) is 5.82 Å². The molecule has 2 aromatic rings. The summed E-state index contributed by atoms with van der Waals surface area (Å²) in [6.07, 6.45) is 0.547. The highest BCUT2D eigenvalue weighted by Gasteiger charge is 2.28. The summed E-state index contributed by atoms with van der Waals surface area (Å²) in [5.41, 5.74) is 2.14. The largest absolute Gasteiger partial charge is 0.355 e. The average molecular weight is 390 g/mol. The van der Waals surface area contributed by atoms with Crippen molar-refractivity contribution in [3.05, 3.63) is 57.3 Å². The van der Waals surface area contributed by atoms with E-state index in [0.29, 0.717) is 30.2 Å². The first kappa shape index (κ1) is 19.1. The van der Waals surface area contributed by atoms with Crippen LogP contribution in [0.1, 0.15) is 22.6 Å². The van der Waals surface area contributed by atoms with Gasteiger partial charge in [-0.05, 0) is 31.9 Å². The molecule has 1 amide bonds. The zero-order valence-corrected chi connectivity index (χ0v) is 16.1. The van der Waals surface area contributed by atoms with Gasteiger partial charge in [0.25, 0.3) is 5.56 Å². The number of nitrogens with zero attached hydrogens (tertiary/aromatic N) is 2. The third-order valence-corrected chi connectivity index (χ3v) is 6.31. The molecule has 0 radical (unpaired) electrons. The number of H-pyrrole nitrogens is 1. The number of para-hydroxylation sites is 1. The molecule has 1 aromatic carbocycles. The van der Waals surface area contributed by atoms with Crippen molar-refractivity contribution >= 4 is 21.6 Å². The van der Waals surface area contributed by atoms with Gasteiger partial charge in [0.15, 0.2) is 0 Å². The van der Waals surface area contributed by atoms with Crippen LogP contribution in [-0.4, -0.2) is 43.1 Å². The molecule has 2 N–H and O–H groups in total. The van der Waals surface area contributed by atoms with E-state index in [1.165, 1.54) is 4.31 Å². The SMILES string of the molecule is Cc1nc(C)c(CC(=O)NCCS(=O)(=O)N2CCc3ccccc32)c(=O)[nH]1. The Bertz CT molecular complexity index is 1030. The number of rotatable bonds is 6. The van der Waals surface area contributed by atoms with E-state index < -0.39 is 15.9 Å². The van der Waals surface area contributed by atoms with Crippen molar-refractivity contribution in [2.45, 2.75) is 26.7 Å². The average Bonchev–Trinajstić information content (AvgIpc) is 3.03. The van der Waals surface area contributed by atoms with Gasteiger partial charge in [-0.3, -0.25) is 13.9 Å². The second kappa shape index (κ2) is 7.51. The highest BCUT2D eigenvalue weighted by Crippen LogP contribution is 2.29. The van der Waals surface area contributed by atoms with Crippen LogP contribution in [0.2, 0.25) is 0 Å². The molecule has 9 heteroatoms. The summed E-state index contributed by atoms with van der Waals surface area (Å²) in [4.78, 5) is 30.8. The lowest BCUT2D eigenvalue weighted by Crippen LogP contribution is -2.38. The summed E-state index contributed by atoms with van der Waals surface area (Å²) in [5.74, 6) is -0.126. The van der Waals surface area contributed by atoms with Gasteiger partial charge in [0, 0.05) is 24.3 Å². The third kappa shape index (κ3) is 4.19. The van der Waals surface area contributed by atoms with E-state index in [0.717, 1.165) is 5.56 Å².